The van der Waals surface area contributed by atoms with Crippen LogP contribution in [0.3, 0.4) is 0 Å². The van der Waals surface area contributed by atoms with Gasteiger partial charge in [-0.1, -0.05) is 28.1 Å². The van der Waals surface area contributed by atoms with Crippen molar-refractivity contribution in [3.05, 3.63) is 56.9 Å². The van der Waals surface area contributed by atoms with Crippen LogP contribution in [0, 0.1) is 20.8 Å². The van der Waals surface area contributed by atoms with Gasteiger partial charge in [-0.15, -0.1) is 0 Å². The molecule has 1 aromatic carbocycles. The number of aliphatic hydroxyl groups is 1. The molecular weight excluding hydrogens is 318 g/mol. The fraction of sp³-hybridized carbons (Fsp3) is 0.375. The number of aliphatic hydroxyl groups excluding tert-OH is 1. The van der Waals surface area contributed by atoms with E-state index in [1.54, 1.807) is 0 Å². The molecule has 0 radical (unpaired) electrons. The lowest BCUT2D eigenvalue weighted by Crippen LogP contribution is -2.21. The van der Waals surface area contributed by atoms with E-state index in [1.165, 1.54) is 0 Å². The molecule has 0 saturated carbocycles. The van der Waals surface area contributed by atoms with Gasteiger partial charge in [0.25, 0.3) is 0 Å². The second-order valence-electron chi connectivity index (χ2n) is 5.10. The van der Waals surface area contributed by atoms with Gasteiger partial charge in [0.2, 0.25) is 0 Å². The fourth-order valence-electron chi connectivity index (χ4n) is 2.63. The van der Waals surface area contributed by atoms with Gasteiger partial charge in [-0.2, -0.15) is 0 Å². The molecule has 2 rings (SSSR count). The van der Waals surface area contributed by atoms with E-state index in [9.17, 15) is 5.11 Å². The van der Waals surface area contributed by atoms with Crippen molar-refractivity contribution in [3.8, 4) is 0 Å². The van der Waals surface area contributed by atoms with Crippen molar-refractivity contribution in [1.29, 1.82) is 0 Å². The van der Waals surface area contributed by atoms with Crippen LogP contribution in [0.1, 0.15) is 40.2 Å². The first-order valence-corrected chi connectivity index (χ1v) is 7.45. The molecule has 3 nitrogen and oxygen atoms in total. The summed E-state index contributed by atoms with van der Waals surface area (Å²) in [6.45, 7) is 6.14. The van der Waals surface area contributed by atoms with Gasteiger partial charge in [0.1, 0.15) is 11.5 Å². The van der Waals surface area contributed by atoms with E-state index < -0.39 is 6.10 Å². The topological polar surface area (TPSA) is 59.4 Å². The van der Waals surface area contributed by atoms with E-state index in [1.807, 2.05) is 45.0 Å². The number of halogens is 1. The third-order valence-electron chi connectivity index (χ3n) is 3.83. The minimum absolute atomic E-state index is 0.151. The summed E-state index contributed by atoms with van der Waals surface area (Å²) in [6, 6.07) is 7.90. The molecule has 0 saturated heterocycles. The van der Waals surface area contributed by atoms with Crippen LogP contribution in [0.5, 0.6) is 0 Å². The molecule has 0 aliphatic carbocycles. The molecule has 1 aromatic heterocycles. The second-order valence-corrected chi connectivity index (χ2v) is 6.01. The summed E-state index contributed by atoms with van der Waals surface area (Å²) in [5.74, 6) is 1.46. The molecule has 4 heteroatoms. The van der Waals surface area contributed by atoms with Gasteiger partial charge in [-0.25, -0.2) is 0 Å². The van der Waals surface area contributed by atoms with Crippen molar-refractivity contribution < 1.29 is 9.52 Å². The highest BCUT2D eigenvalue weighted by Crippen LogP contribution is 2.36. The maximum atomic E-state index is 10.7. The van der Waals surface area contributed by atoms with E-state index >= 15 is 0 Å². The summed E-state index contributed by atoms with van der Waals surface area (Å²) in [5.41, 5.74) is 8.78. The molecule has 0 aliphatic heterocycles. The zero-order chi connectivity index (χ0) is 14.9. The maximum absolute atomic E-state index is 10.7. The van der Waals surface area contributed by atoms with Crippen molar-refractivity contribution in [2.24, 2.45) is 5.73 Å². The average molecular weight is 338 g/mol. The Morgan fingerprint density at radius 3 is 2.45 bits per heavy atom. The number of furan rings is 1. The highest BCUT2D eigenvalue weighted by atomic mass is 79.9. The Morgan fingerprint density at radius 1 is 1.25 bits per heavy atom. The monoisotopic (exact) mass is 337 g/mol. The molecule has 2 unspecified atom stereocenters. The molecule has 0 amide bonds. The molecule has 3 N–H and O–H groups in total. The molecule has 2 atom stereocenters. The first-order valence-electron chi connectivity index (χ1n) is 6.65. The van der Waals surface area contributed by atoms with Gasteiger partial charge in [0.15, 0.2) is 0 Å². The van der Waals surface area contributed by atoms with E-state index in [2.05, 4.69) is 15.9 Å². The van der Waals surface area contributed by atoms with Crippen molar-refractivity contribution in [2.75, 3.05) is 6.54 Å². The third kappa shape index (κ3) is 2.82. The number of aryl methyl sites for hydroxylation is 2. The first kappa shape index (κ1) is 15.3. The first-order chi connectivity index (χ1) is 9.45. The Morgan fingerprint density at radius 2 is 1.95 bits per heavy atom. The Balaban J connectivity index is 2.41. The predicted octanol–water partition coefficient (Wildman–Crippen LogP) is 3.74. The Kier molecular flexibility index (Phi) is 4.68. The van der Waals surface area contributed by atoms with Gasteiger partial charge in [0.05, 0.1) is 6.10 Å². The van der Waals surface area contributed by atoms with Gasteiger partial charge < -0.3 is 15.3 Å². The second kappa shape index (κ2) is 6.12. The number of nitrogens with two attached hydrogens (primary N) is 1. The van der Waals surface area contributed by atoms with Gasteiger partial charge in [0, 0.05) is 22.5 Å². The normalized spacial score (nSPS) is 14.3. The quantitative estimate of drug-likeness (QED) is 0.893. The van der Waals surface area contributed by atoms with Crippen molar-refractivity contribution in [3.63, 3.8) is 0 Å². The predicted molar refractivity (Wildman–Crippen MR) is 83.8 cm³/mol. The van der Waals surface area contributed by atoms with Crippen LogP contribution in [0.25, 0.3) is 0 Å². The Labute approximate surface area is 127 Å². The summed E-state index contributed by atoms with van der Waals surface area (Å²) in [5, 5.41) is 10.7. The summed E-state index contributed by atoms with van der Waals surface area (Å²) in [7, 11) is 0. The van der Waals surface area contributed by atoms with E-state index in [0.717, 1.165) is 32.7 Å². The lowest BCUT2D eigenvalue weighted by molar-refractivity contribution is 0.145. The molecule has 2 aromatic rings. The molecule has 108 valence electrons. The van der Waals surface area contributed by atoms with E-state index in [-0.39, 0.29) is 5.92 Å². The van der Waals surface area contributed by atoms with Crippen molar-refractivity contribution >= 4 is 15.9 Å². The van der Waals surface area contributed by atoms with Crippen LogP contribution in [0.4, 0.5) is 0 Å². The van der Waals surface area contributed by atoms with Gasteiger partial charge in [-0.05, 0) is 44.0 Å². The minimum atomic E-state index is -0.660. The molecular formula is C16H20BrNO2. The number of benzene rings is 1. The average Bonchev–Trinajstić information content (AvgIpc) is 2.64. The fourth-order valence-corrected chi connectivity index (χ4v) is 3.05. The smallest absolute Gasteiger partial charge is 0.107 e. The number of hydrogen-bond acceptors (Lipinski definition) is 3. The summed E-state index contributed by atoms with van der Waals surface area (Å²) in [4.78, 5) is 0. The zero-order valence-corrected chi connectivity index (χ0v) is 13.6. The van der Waals surface area contributed by atoms with Crippen LogP contribution in [-0.2, 0) is 0 Å². The highest BCUT2D eigenvalue weighted by Gasteiger charge is 2.27. The zero-order valence-electron chi connectivity index (χ0n) is 12.0. The molecule has 0 fully saturated rings. The standard InChI is InChI=1S/C16H20BrNO2/c1-9-10(2)20-11(3)15(9)16(19)14(8-18)12-5-4-6-13(17)7-12/h4-7,14,16,19H,8,18H2,1-3H3. The molecule has 20 heavy (non-hydrogen) atoms. The van der Waals surface area contributed by atoms with Crippen LogP contribution in [0.2, 0.25) is 0 Å². The van der Waals surface area contributed by atoms with Crippen molar-refractivity contribution in [2.45, 2.75) is 32.8 Å². The number of rotatable bonds is 4. The lowest BCUT2D eigenvalue weighted by Gasteiger charge is -2.22. The summed E-state index contributed by atoms with van der Waals surface area (Å²) >= 11 is 3.46. The Bertz CT molecular complexity index is 607. The minimum Gasteiger partial charge on any atom is -0.466 e. The summed E-state index contributed by atoms with van der Waals surface area (Å²) < 4.78 is 6.59. The highest BCUT2D eigenvalue weighted by molar-refractivity contribution is 9.10. The van der Waals surface area contributed by atoms with Crippen LogP contribution in [-0.4, -0.2) is 11.7 Å². The Hall–Kier alpha value is -1.10. The van der Waals surface area contributed by atoms with Gasteiger partial charge in [-0.3, -0.25) is 0 Å². The SMILES string of the molecule is Cc1oc(C)c(C(O)C(CN)c2cccc(Br)c2)c1C. The van der Waals surface area contributed by atoms with Crippen LogP contribution >= 0.6 is 15.9 Å². The maximum Gasteiger partial charge on any atom is 0.107 e. The van der Waals surface area contributed by atoms with Crippen LogP contribution in [0.15, 0.2) is 33.2 Å². The van der Waals surface area contributed by atoms with Crippen molar-refractivity contribution in [1.82, 2.24) is 0 Å². The number of hydrogen-bond donors (Lipinski definition) is 2. The lowest BCUT2D eigenvalue weighted by atomic mass is 9.87. The molecule has 0 spiro atoms. The van der Waals surface area contributed by atoms with E-state index in [0.29, 0.717) is 6.54 Å². The summed E-state index contributed by atoms with van der Waals surface area (Å²) in [6.07, 6.45) is -0.660. The third-order valence-corrected chi connectivity index (χ3v) is 4.32. The molecule has 0 bridgehead atoms. The van der Waals surface area contributed by atoms with Gasteiger partial charge >= 0.3 is 0 Å². The molecule has 0 aliphatic rings. The van der Waals surface area contributed by atoms with Crippen LogP contribution < -0.4 is 5.73 Å². The van der Waals surface area contributed by atoms with E-state index in [4.69, 9.17) is 10.2 Å². The molecule has 1 heterocycles. The largest absolute Gasteiger partial charge is 0.466 e.